The number of hydrogen-bond donors (Lipinski definition) is 2. The van der Waals surface area contributed by atoms with Crippen molar-refractivity contribution in [3.8, 4) is 0 Å². The Balaban J connectivity index is 1.69. The number of carbonyl (C=O) groups is 1. The molecule has 1 aliphatic carbocycles. The zero-order valence-electron chi connectivity index (χ0n) is 9.10. The quantitative estimate of drug-likeness (QED) is 0.705. The van der Waals surface area contributed by atoms with Gasteiger partial charge in [0.1, 0.15) is 0 Å². The number of rotatable bonds is 4. The van der Waals surface area contributed by atoms with E-state index in [0.29, 0.717) is 23.9 Å². The van der Waals surface area contributed by atoms with Gasteiger partial charge in [0.2, 0.25) is 5.91 Å². The van der Waals surface area contributed by atoms with Crippen molar-refractivity contribution >= 4 is 5.91 Å². The van der Waals surface area contributed by atoms with Crippen molar-refractivity contribution in [2.24, 2.45) is 5.41 Å². The summed E-state index contributed by atoms with van der Waals surface area (Å²) in [6.07, 6.45) is 4.39. The van der Waals surface area contributed by atoms with Gasteiger partial charge in [0, 0.05) is 25.0 Å². The summed E-state index contributed by atoms with van der Waals surface area (Å²) in [7, 11) is 0. The number of carbonyl (C=O) groups excluding carboxylic acids is 1. The van der Waals surface area contributed by atoms with E-state index in [2.05, 4.69) is 24.5 Å². The Morgan fingerprint density at radius 2 is 2.36 bits per heavy atom. The van der Waals surface area contributed by atoms with Crippen LogP contribution in [0.1, 0.15) is 39.5 Å². The maximum absolute atomic E-state index is 11.0. The summed E-state index contributed by atoms with van der Waals surface area (Å²) in [5.74, 6) is 0.210. The minimum absolute atomic E-state index is 0.210. The molecular formula is C11H20N2O. The SMILES string of the molecule is CC(NCC1CCC(=O)N1)C1(C)CC1. The fourth-order valence-corrected chi connectivity index (χ4v) is 2.03. The Morgan fingerprint density at radius 3 is 2.86 bits per heavy atom. The fraction of sp³-hybridized carbons (Fsp3) is 0.909. The van der Waals surface area contributed by atoms with Crippen molar-refractivity contribution in [3.05, 3.63) is 0 Å². The average Bonchev–Trinajstić information content (AvgIpc) is 2.76. The van der Waals surface area contributed by atoms with Gasteiger partial charge in [-0.25, -0.2) is 0 Å². The number of amides is 1. The van der Waals surface area contributed by atoms with Gasteiger partial charge in [-0.3, -0.25) is 4.79 Å². The zero-order valence-corrected chi connectivity index (χ0v) is 9.10. The molecule has 2 atom stereocenters. The summed E-state index contributed by atoms with van der Waals surface area (Å²) < 4.78 is 0. The highest BCUT2D eigenvalue weighted by Gasteiger charge is 2.42. The first-order valence-corrected chi connectivity index (χ1v) is 5.63. The molecule has 0 aromatic rings. The van der Waals surface area contributed by atoms with Crippen molar-refractivity contribution in [1.29, 1.82) is 0 Å². The minimum atomic E-state index is 0.210. The maximum Gasteiger partial charge on any atom is 0.220 e. The molecule has 0 radical (unpaired) electrons. The predicted molar refractivity (Wildman–Crippen MR) is 56.0 cm³/mol. The number of hydrogen-bond acceptors (Lipinski definition) is 2. The Bertz CT molecular complexity index is 235. The molecule has 1 aliphatic heterocycles. The largest absolute Gasteiger partial charge is 0.352 e. The molecule has 14 heavy (non-hydrogen) atoms. The molecule has 3 heteroatoms. The van der Waals surface area contributed by atoms with E-state index >= 15 is 0 Å². The molecule has 0 aromatic heterocycles. The van der Waals surface area contributed by atoms with Crippen LogP contribution in [0.3, 0.4) is 0 Å². The summed E-state index contributed by atoms with van der Waals surface area (Å²) in [5, 5.41) is 6.51. The van der Waals surface area contributed by atoms with E-state index in [4.69, 9.17) is 0 Å². The van der Waals surface area contributed by atoms with Crippen LogP contribution in [0.2, 0.25) is 0 Å². The van der Waals surface area contributed by atoms with Gasteiger partial charge < -0.3 is 10.6 Å². The highest BCUT2D eigenvalue weighted by Crippen LogP contribution is 2.47. The lowest BCUT2D eigenvalue weighted by Gasteiger charge is -2.22. The van der Waals surface area contributed by atoms with E-state index < -0.39 is 0 Å². The van der Waals surface area contributed by atoms with Crippen LogP contribution in [0.5, 0.6) is 0 Å². The van der Waals surface area contributed by atoms with Crippen molar-refractivity contribution < 1.29 is 4.79 Å². The van der Waals surface area contributed by atoms with E-state index in [0.717, 1.165) is 13.0 Å². The molecule has 80 valence electrons. The first-order valence-electron chi connectivity index (χ1n) is 5.63. The first-order chi connectivity index (χ1) is 6.60. The maximum atomic E-state index is 11.0. The molecular weight excluding hydrogens is 176 g/mol. The summed E-state index contributed by atoms with van der Waals surface area (Å²) in [6, 6.07) is 0.951. The second kappa shape index (κ2) is 3.54. The van der Waals surface area contributed by atoms with E-state index in [1.54, 1.807) is 0 Å². The summed E-state index contributed by atoms with van der Waals surface area (Å²) >= 11 is 0. The molecule has 1 saturated heterocycles. The molecule has 2 fully saturated rings. The molecule has 1 amide bonds. The second-order valence-corrected chi connectivity index (χ2v) is 5.09. The van der Waals surface area contributed by atoms with Crippen molar-refractivity contribution in [1.82, 2.24) is 10.6 Å². The van der Waals surface area contributed by atoms with Crippen molar-refractivity contribution in [2.75, 3.05) is 6.54 Å². The van der Waals surface area contributed by atoms with Crippen LogP contribution in [0.15, 0.2) is 0 Å². The van der Waals surface area contributed by atoms with Gasteiger partial charge in [0.05, 0.1) is 0 Å². The van der Waals surface area contributed by atoms with Crippen LogP contribution < -0.4 is 10.6 Å². The van der Waals surface area contributed by atoms with Crippen LogP contribution in [0.4, 0.5) is 0 Å². The molecule has 0 bridgehead atoms. The third kappa shape index (κ3) is 2.08. The van der Waals surface area contributed by atoms with Gasteiger partial charge in [-0.05, 0) is 31.6 Å². The van der Waals surface area contributed by atoms with Gasteiger partial charge in [-0.1, -0.05) is 6.92 Å². The van der Waals surface area contributed by atoms with E-state index in [9.17, 15) is 4.79 Å². The Kier molecular flexibility index (Phi) is 2.52. The Hall–Kier alpha value is -0.570. The smallest absolute Gasteiger partial charge is 0.220 e. The summed E-state index contributed by atoms with van der Waals surface area (Å²) in [4.78, 5) is 11.0. The standard InChI is InChI=1S/C11H20N2O/c1-8(11(2)5-6-11)12-7-9-3-4-10(14)13-9/h8-9,12H,3-7H2,1-2H3,(H,13,14). The third-order valence-corrected chi connectivity index (χ3v) is 3.84. The van der Waals surface area contributed by atoms with Crippen molar-refractivity contribution in [3.63, 3.8) is 0 Å². The van der Waals surface area contributed by atoms with Gasteiger partial charge in [0.25, 0.3) is 0 Å². The molecule has 3 nitrogen and oxygen atoms in total. The number of nitrogens with one attached hydrogen (secondary N) is 2. The molecule has 0 aromatic carbocycles. The van der Waals surface area contributed by atoms with Crippen LogP contribution in [-0.4, -0.2) is 24.5 Å². The van der Waals surface area contributed by atoms with E-state index in [1.807, 2.05) is 0 Å². The molecule has 1 saturated carbocycles. The van der Waals surface area contributed by atoms with Crippen LogP contribution >= 0.6 is 0 Å². The predicted octanol–water partition coefficient (Wildman–Crippen LogP) is 1.04. The highest BCUT2D eigenvalue weighted by molar-refractivity contribution is 5.78. The molecule has 2 rings (SSSR count). The van der Waals surface area contributed by atoms with E-state index in [1.165, 1.54) is 12.8 Å². The van der Waals surface area contributed by atoms with Crippen LogP contribution in [-0.2, 0) is 4.79 Å². The molecule has 2 unspecified atom stereocenters. The highest BCUT2D eigenvalue weighted by atomic mass is 16.1. The summed E-state index contributed by atoms with van der Waals surface area (Å²) in [6.45, 7) is 5.52. The average molecular weight is 196 g/mol. The van der Waals surface area contributed by atoms with Gasteiger partial charge in [-0.15, -0.1) is 0 Å². The summed E-state index contributed by atoms with van der Waals surface area (Å²) in [5.41, 5.74) is 0.530. The Morgan fingerprint density at radius 1 is 1.64 bits per heavy atom. The van der Waals surface area contributed by atoms with Crippen LogP contribution in [0, 0.1) is 5.41 Å². The van der Waals surface area contributed by atoms with Gasteiger partial charge in [0.15, 0.2) is 0 Å². The first kappa shape index (κ1) is 9.97. The lowest BCUT2D eigenvalue weighted by atomic mass is 10.0. The Labute approximate surface area is 85.6 Å². The fourth-order valence-electron chi connectivity index (χ4n) is 2.03. The second-order valence-electron chi connectivity index (χ2n) is 5.09. The minimum Gasteiger partial charge on any atom is -0.352 e. The molecule has 2 N–H and O–H groups in total. The molecule has 0 spiro atoms. The lowest BCUT2D eigenvalue weighted by Crippen LogP contribution is -2.42. The van der Waals surface area contributed by atoms with Gasteiger partial charge >= 0.3 is 0 Å². The topological polar surface area (TPSA) is 41.1 Å². The monoisotopic (exact) mass is 196 g/mol. The van der Waals surface area contributed by atoms with E-state index in [-0.39, 0.29) is 5.91 Å². The molecule has 1 heterocycles. The third-order valence-electron chi connectivity index (χ3n) is 3.84. The van der Waals surface area contributed by atoms with Gasteiger partial charge in [-0.2, -0.15) is 0 Å². The zero-order chi connectivity index (χ0) is 10.2. The van der Waals surface area contributed by atoms with Crippen molar-refractivity contribution in [2.45, 2.75) is 51.6 Å². The molecule has 2 aliphatic rings. The van der Waals surface area contributed by atoms with Crippen LogP contribution in [0.25, 0.3) is 0 Å². The lowest BCUT2D eigenvalue weighted by molar-refractivity contribution is -0.119. The normalized spacial score (nSPS) is 31.3.